The van der Waals surface area contributed by atoms with Gasteiger partial charge in [0.05, 0.1) is 0 Å². The van der Waals surface area contributed by atoms with Crippen LogP contribution in [0.3, 0.4) is 0 Å². The number of hydrogen-bond donors (Lipinski definition) is 1. The van der Waals surface area contributed by atoms with E-state index < -0.39 is 0 Å². The van der Waals surface area contributed by atoms with Crippen molar-refractivity contribution in [3.05, 3.63) is 36.0 Å². The molecule has 0 aliphatic carbocycles. The normalized spacial score (nSPS) is 19.8. The second-order valence-electron chi connectivity index (χ2n) is 6.33. The molecule has 0 amide bonds. The molecule has 1 saturated heterocycles. The Bertz CT molecular complexity index is 596. The van der Waals surface area contributed by atoms with Gasteiger partial charge in [-0.2, -0.15) is 0 Å². The van der Waals surface area contributed by atoms with E-state index in [0.717, 1.165) is 26.2 Å². The van der Waals surface area contributed by atoms with E-state index in [1.165, 1.54) is 22.9 Å². The van der Waals surface area contributed by atoms with Crippen LogP contribution in [0, 0.1) is 5.92 Å². The fraction of sp³-hybridized carbons (Fsp3) is 0.556. The molecule has 1 unspecified atom stereocenters. The monoisotopic (exact) mass is 285 g/mol. The highest BCUT2D eigenvalue weighted by molar-refractivity contribution is 5.84. The van der Waals surface area contributed by atoms with E-state index in [1.807, 2.05) is 0 Å². The predicted molar refractivity (Wildman–Crippen MR) is 89.6 cm³/mol. The van der Waals surface area contributed by atoms with E-state index in [2.05, 4.69) is 66.1 Å². The molecule has 1 aromatic heterocycles. The van der Waals surface area contributed by atoms with Crippen LogP contribution in [0.25, 0.3) is 10.9 Å². The Morgan fingerprint density at radius 1 is 1.19 bits per heavy atom. The minimum atomic E-state index is 0.531. The molecule has 1 aliphatic rings. The van der Waals surface area contributed by atoms with Crippen molar-refractivity contribution in [1.82, 2.24) is 14.8 Å². The SMILES string of the molecule is CCC(C)[C@H](c1cn(C)c2ccccc12)N1CCNCC1. The van der Waals surface area contributed by atoms with Crippen molar-refractivity contribution >= 4 is 10.9 Å². The van der Waals surface area contributed by atoms with Crippen LogP contribution in [0.4, 0.5) is 0 Å². The molecular formula is C18H27N3. The molecular weight excluding hydrogens is 258 g/mol. The molecule has 1 N–H and O–H groups in total. The van der Waals surface area contributed by atoms with E-state index in [-0.39, 0.29) is 0 Å². The van der Waals surface area contributed by atoms with Crippen LogP contribution in [0.1, 0.15) is 31.9 Å². The van der Waals surface area contributed by atoms with Crippen molar-refractivity contribution in [2.45, 2.75) is 26.3 Å². The third kappa shape index (κ3) is 2.72. The Morgan fingerprint density at radius 3 is 2.62 bits per heavy atom. The lowest BCUT2D eigenvalue weighted by molar-refractivity contribution is 0.129. The van der Waals surface area contributed by atoms with E-state index in [9.17, 15) is 0 Å². The molecule has 2 atom stereocenters. The molecule has 2 heterocycles. The molecule has 0 bridgehead atoms. The zero-order valence-corrected chi connectivity index (χ0v) is 13.5. The van der Waals surface area contributed by atoms with Gasteiger partial charge in [0, 0.05) is 56.4 Å². The molecule has 1 aromatic carbocycles. The summed E-state index contributed by atoms with van der Waals surface area (Å²) in [5, 5.41) is 4.89. The first-order valence-corrected chi connectivity index (χ1v) is 8.21. The van der Waals surface area contributed by atoms with Crippen LogP contribution in [-0.2, 0) is 7.05 Å². The number of fused-ring (bicyclic) bond motifs is 1. The van der Waals surface area contributed by atoms with Gasteiger partial charge >= 0.3 is 0 Å². The maximum Gasteiger partial charge on any atom is 0.0481 e. The number of aryl methyl sites for hydroxylation is 1. The van der Waals surface area contributed by atoms with E-state index >= 15 is 0 Å². The van der Waals surface area contributed by atoms with Gasteiger partial charge < -0.3 is 9.88 Å². The number of nitrogens with one attached hydrogen (secondary N) is 1. The molecule has 0 saturated carbocycles. The Morgan fingerprint density at radius 2 is 1.90 bits per heavy atom. The largest absolute Gasteiger partial charge is 0.350 e. The number of rotatable bonds is 4. The van der Waals surface area contributed by atoms with Crippen molar-refractivity contribution in [3.8, 4) is 0 Å². The topological polar surface area (TPSA) is 20.2 Å². The number of aromatic nitrogens is 1. The van der Waals surface area contributed by atoms with Crippen molar-refractivity contribution < 1.29 is 0 Å². The van der Waals surface area contributed by atoms with Crippen LogP contribution in [0.15, 0.2) is 30.5 Å². The van der Waals surface area contributed by atoms with Gasteiger partial charge in [0.25, 0.3) is 0 Å². The van der Waals surface area contributed by atoms with E-state index in [4.69, 9.17) is 0 Å². The second kappa shape index (κ2) is 6.20. The maximum absolute atomic E-state index is 3.47. The summed E-state index contributed by atoms with van der Waals surface area (Å²) in [6.07, 6.45) is 3.57. The number of para-hydroxylation sites is 1. The van der Waals surface area contributed by atoms with Gasteiger partial charge in [-0.1, -0.05) is 38.5 Å². The standard InChI is InChI=1S/C18H27N3/c1-4-14(2)18(21-11-9-19-10-12-21)16-13-20(3)17-8-6-5-7-15(16)17/h5-8,13-14,18-19H,4,9-12H2,1-3H3/t14?,18-/m1/s1. The summed E-state index contributed by atoms with van der Waals surface area (Å²) in [7, 11) is 2.16. The molecule has 21 heavy (non-hydrogen) atoms. The fourth-order valence-corrected chi connectivity index (χ4v) is 3.66. The third-order valence-corrected chi connectivity index (χ3v) is 4.97. The van der Waals surface area contributed by atoms with Gasteiger partial charge in [-0.3, -0.25) is 4.90 Å². The lowest BCUT2D eigenvalue weighted by Gasteiger charge is -2.38. The van der Waals surface area contributed by atoms with Crippen LogP contribution in [0.2, 0.25) is 0 Å². The maximum atomic E-state index is 3.47. The minimum Gasteiger partial charge on any atom is -0.350 e. The first-order chi connectivity index (χ1) is 10.2. The summed E-state index contributed by atoms with van der Waals surface area (Å²) in [6, 6.07) is 9.34. The smallest absolute Gasteiger partial charge is 0.0481 e. The van der Waals surface area contributed by atoms with Crippen LogP contribution < -0.4 is 5.32 Å². The Labute approximate surface area is 127 Å². The van der Waals surface area contributed by atoms with E-state index in [0.29, 0.717) is 12.0 Å². The zero-order chi connectivity index (χ0) is 14.8. The molecule has 1 fully saturated rings. The third-order valence-electron chi connectivity index (χ3n) is 4.97. The number of nitrogens with zero attached hydrogens (tertiary/aromatic N) is 2. The summed E-state index contributed by atoms with van der Waals surface area (Å²) in [6.45, 7) is 9.23. The molecule has 3 heteroatoms. The fourth-order valence-electron chi connectivity index (χ4n) is 3.66. The Hall–Kier alpha value is -1.32. The average Bonchev–Trinajstić information content (AvgIpc) is 2.86. The molecule has 3 rings (SSSR count). The molecule has 1 aliphatic heterocycles. The summed E-state index contributed by atoms with van der Waals surface area (Å²) in [5.74, 6) is 0.675. The summed E-state index contributed by atoms with van der Waals surface area (Å²) in [4.78, 5) is 2.67. The van der Waals surface area contributed by atoms with Crippen molar-refractivity contribution in [1.29, 1.82) is 0 Å². The van der Waals surface area contributed by atoms with E-state index in [1.54, 1.807) is 0 Å². The quantitative estimate of drug-likeness (QED) is 0.931. The van der Waals surface area contributed by atoms with Gasteiger partial charge in [-0.25, -0.2) is 0 Å². The highest BCUT2D eigenvalue weighted by Crippen LogP contribution is 2.36. The van der Waals surface area contributed by atoms with Crippen LogP contribution in [-0.4, -0.2) is 35.6 Å². The van der Waals surface area contributed by atoms with Gasteiger partial charge in [0.15, 0.2) is 0 Å². The number of benzene rings is 1. The molecule has 0 radical (unpaired) electrons. The first kappa shape index (κ1) is 14.6. The summed E-state index contributed by atoms with van der Waals surface area (Å²) in [5.41, 5.74) is 2.85. The number of hydrogen-bond acceptors (Lipinski definition) is 2. The Balaban J connectivity index is 2.05. The highest BCUT2D eigenvalue weighted by atomic mass is 15.2. The summed E-state index contributed by atoms with van der Waals surface area (Å²) < 4.78 is 2.28. The molecule has 0 spiro atoms. The zero-order valence-electron chi connectivity index (χ0n) is 13.5. The average molecular weight is 285 g/mol. The second-order valence-corrected chi connectivity index (χ2v) is 6.33. The summed E-state index contributed by atoms with van der Waals surface area (Å²) >= 11 is 0. The lowest BCUT2D eigenvalue weighted by atomic mass is 9.90. The first-order valence-electron chi connectivity index (χ1n) is 8.21. The Kier molecular flexibility index (Phi) is 4.32. The van der Waals surface area contributed by atoms with Crippen molar-refractivity contribution in [3.63, 3.8) is 0 Å². The van der Waals surface area contributed by atoms with Gasteiger partial charge in [0.2, 0.25) is 0 Å². The van der Waals surface area contributed by atoms with Crippen molar-refractivity contribution in [2.24, 2.45) is 13.0 Å². The number of piperazine rings is 1. The highest BCUT2D eigenvalue weighted by Gasteiger charge is 2.28. The van der Waals surface area contributed by atoms with Gasteiger partial charge in [-0.05, 0) is 17.5 Å². The van der Waals surface area contributed by atoms with Gasteiger partial charge in [-0.15, -0.1) is 0 Å². The van der Waals surface area contributed by atoms with Crippen LogP contribution >= 0.6 is 0 Å². The molecule has 3 nitrogen and oxygen atoms in total. The molecule has 2 aromatic rings. The van der Waals surface area contributed by atoms with Gasteiger partial charge in [0.1, 0.15) is 0 Å². The van der Waals surface area contributed by atoms with Crippen LogP contribution in [0.5, 0.6) is 0 Å². The minimum absolute atomic E-state index is 0.531. The predicted octanol–water partition coefficient (Wildman–Crippen LogP) is 3.17. The van der Waals surface area contributed by atoms with Crippen molar-refractivity contribution in [2.75, 3.05) is 26.2 Å². The molecule has 114 valence electrons. The lowest BCUT2D eigenvalue weighted by Crippen LogP contribution is -2.46.